The van der Waals surface area contributed by atoms with E-state index in [-0.39, 0.29) is 44.6 Å². The fourth-order valence-electron chi connectivity index (χ4n) is 0. The molecule has 0 saturated carbocycles. The van der Waals surface area contributed by atoms with Crippen LogP contribution >= 0.6 is 0 Å². The lowest BCUT2D eigenvalue weighted by Crippen LogP contribution is -1.81. The normalized spacial score (nSPS) is 3.43. The standard InChI is InChI=1S/6CH4.2HNO3/c;;;;;;2*2-1(3)4/h6*1H4;2*(H,2,3,4). The molecule has 2 N–H and O–H groups in total. The summed E-state index contributed by atoms with van der Waals surface area (Å²) in [5, 5.41) is 27.3. The van der Waals surface area contributed by atoms with E-state index in [4.69, 9.17) is 30.6 Å². The molecule has 0 fully saturated rings. The first kappa shape index (κ1) is 83.2. The van der Waals surface area contributed by atoms with Crippen molar-refractivity contribution < 1.29 is 20.6 Å². The van der Waals surface area contributed by atoms with Crippen LogP contribution < -0.4 is 0 Å². The fraction of sp³-hybridized carbons (Fsp3) is 1.00. The fourth-order valence-corrected chi connectivity index (χ4v) is 0. The lowest BCUT2D eigenvalue weighted by molar-refractivity contribution is -0.742. The first-order valence-corrected chi connectivity index (χ1v) is 1.13. The van der Waals surface area contributed by atoms with Crippen molar-refractivity contribution in [3.63, 3.8) is 0 Å². The van der Waals surface area contributed by atoms with Gasteiger partial charge < -0.3 is 10.4 Å². The molecule has 0 bridgehead atoms. The maximum absolute atomic E-state index is 8.36. The van der Waals surface area contributed by atoms with Crippen molar-refractivity contribution in [1.82, 2.24) is 0 Å². The molecule has 0 saturated heterocycles. The van der Waals surface area contributed by atoms with Crippen LogP contribution in [0.15, 0.2) is 0 Å². The van der Waals surface area contributed by atoms with E-state index >= 15 is 0 Å². The topological polar surface area (TPSA) is 127 Å². The summed E-state index contributed by atoms with van der Waals surface area (Å²) in [6.07, 6.45) is 0. The Bertz CT molecular complexity index is 78.3. The summed E-state index contributed by atoms with van der Waals surface area (Å²) in [5.74, 6) is 0. The Labute approximate surface area is 86.4 Å². The minimum atomic E-state index is -1.50. The summed E-state index contributed by atoms with van der Waals surface area (Å²) in [6.45, 7) is 0. The molecule has 96 valence electrons. The second-order valence-electron chi connectivity index (χ2n) is 0.476. The van der Waals surface area contributed by atoms with Crippen molar-refractivity contribution >= 4 is 0 Å². The van der Waals surface area contributed by atoms with E-state index in [2.05, 4.69) is 0 Å². The van der Waals surface area contributed by atoms with Crippen LogP contribution in [0, 0.1) is 20.2 Å². The van der Waals surface area contributed by atoms with Gasteiger partial charge in [-0.15, -0.1) is 20.2 Å². The minimum Gasteiger partial charge on any atom is -0.328 e. The number of hydrogen-bond acceptors (Lipinski definition) is 4. The van der Waals surface area contributed by atoms with Crippen LogP contribution in [0.1, 0.15) is 44.6 Å². The van der Waals surface area contributed by atoms with Crippen LogP contribution in [0.3, 0.4) is 0 Å². The van der Waals surface area contributed by atoms with E-state index in [1.807, 2.05) is 0 Å². The molecule has 0 spiro atoms. The van der Waals surface area contributed by atoms with Crippen molar-refractivity contribution in [2.75, 3.05) is 0 Å². The van der Waals surface area contributed by atoms with Gasteiger partial charge >= 0.3 is 0 Å². The molecular weight excluding hydrogens is 196 g/mol. The van der Waals surface area contributed by atoms with Gasteiger partial charge in [0.1, 0.15) is 0 Å². The minimum absolute atomic E-state index is 0. The van der Waals surface area contributed by atoms with E-state index in [0.29, 0.717) is 0 Å². The largest absolute Gasteiger partial charge is 0.328 e. The molecule has 14 heavy (non-hydrogen) atoms. The van der Waals surface area contributed by atoms with Gasteiger partial charge in [-0.3, -0.25) is 0 Å². The summed E-state index contributed by atoms with van der Waals surface area (Å²) in [5.41, 5.74) is 0. The molecule has 0 radical (unpaired) electrons. The Morgan fingerprint density at radius 1 is 0.643 bits per heavy atom. The predicted octanol–water partition coefficient (Wildman–Crippen LogP) is 3.12. The molecule has 8 heteroatoms. The quantitative estimate of drug-likeness (QED) is 0.478. The Kier molecular flexibility index (Phi) is 379. The van der Waals surface area contributed by atoms with Gasteiger partial charge in [0.2, 0.25) is 0 Å². The van der Waals surface area contributed by atoms with Gasteiger partial charge in [-0.2, -0.15) is 0 Å². The molecule has 0 heterocycles. The lowest BCUT2D eigenvalue weighted by atomic mass is 12.0. The van der Waals surface area contributed by atoms with Gasteiger partial charge in [0.25, 0.3) is 10.2 Å². The highest BCUT2D eigenvalue weighted by Gasteiger charge is 1.65. The van der Waals surface area contributed by atoms with E-state index in [9.17, 15) is 0 Å². The van der Waals surface area contributed by atoms with Crippen LogP contribution in [0.2, 0.25) is 0 Å². The summed E-state index contributed by atoms with van der Waals surface area (Å²) in [4.78, 5) is 16.7. The zero-order valence-corrected chi connectivity index (χ0v) is 3.42. The number of rotatable bonds is 0. The lowest BCUT2D eigenvalue weighted by Gasteiger charge is -1.56. The Morgan fingerprint density at radius 3 is 0.643 bits per heavy atom. The Hall–Kier alpha value is -1.60. The molecule has 0 rings (SSSR count). The molecule has 0 aromatic heterocycles. The van der Waals surface area contributed by atoms with Crippen molar-refractivity contribution in [2.45, 2.75) is 44.6 Å². The Morgan fingerprint density at radius 2 is 0.643 bits per heavy atom. The van der Waals surface area contributed by atoms with Crippen LogP contribution in [0.25, 0.3) is 0 Å². The molecule has 0 amide bonds. The first-order chi connectivity index (χ1) is 3.46. The highest BCUT2D eigenvalue weighted by atomic mass is 16.9. The highest BCUT2D eigenvalue weighted by Crippen LogP contribution is 1.38. The average molecular weight is 222 g/mol. The van der Waals surface area contributed by atoms with E-state index in [1.165, 1.54) is 0 Å². The third kappa shape index (κ3) is 359. The predicted molar refractivity (Wildman–Crippen MR) is 57.9 cm³/mol. The number of hydrogen-bond donors (Lipinski definition) is 2. The monoisotopic (exact) mass is 222 g/mol. The molecule has 0 aliphatic heterocycles. The zero-order chi connectivity index (χ0) is 7.15. The van der Waals surface area contributed by atoms with Gasteiger partial charge in [-0.25, -0.2) is 0 Å². The smallest absolute Gasteiger partial charge is 0.291 e. The molecule has 0 aromatic carbocycles. The van der Waals surface area contributed by atoms with Crippen molar-refractivity contribution in [3.8, 4) is 0 Å². The second kappa shape index (κ2) is 63.7. The van der Waals surface area contributed by atoms with Gasteiger partial charge in [0.15, 0.2) is 0 Å². The van der Waals surface area contributed by atoms with E-state index in [0.717, 1.165) is 0 Å². The SMILES string of the molecule is C.C.C.C.C.C.O=[N+]([O-])O.O=[N+]([O-])O. The van der Waals surface area contributed by atoms with Crippen LogP contribution in [-0.2, 0) is 0 Å². The molecule has 0 unspecified atom stereocenters. The van der Waals surface area contributed by atoms with Crippen LogP contribution in [0.4, 0.5) is 0 Å². The molecule has 0 aliphatic rings. The first-order valence-electron chi connectivity index (χ1n) is 1.13. The van der Waals surface area contributed by atoms with Gasteiger partial charge in [0.05, 0.1) is 0 Å². The van der Waals surface area contributed by atoms with Gasteiger partial charge in [-0.1, -0.05) is 44.6 Å². The maximum atomic E-state index is 8.36. The summed E-state index contributed by atoms with van der Waals surface area (Å²) < 4.78 is 0. The second-order valence-corrected chi connectivity index (χ2v) is 0.476. The molecule has 0 atom stereocenters. The summed E-state index contributed by atoms with van der Waals surface area (Å²) in [6, 6.07) is 0. The zero-order valence-electron chi connectivity index (χ0n) is 3.42. The maximum Gasteiger partial charge on any atom is 0.291 e. The van der Waals surface area contributed by atoms with E-state index in [1.54, 1.807) is 0 Å². The van der Waals surface area contributed by atoms with Crippen molar-refractivity contribution in [3.05, 3.63) is 20.2 Å². The highest BCUT2D eigenvalue weighted by molar-refractivity contribution is 3.83. The van der Waals surface area contributed by atoms with Crippen LogP contribution in [-0.4, -0.2) is 20.6 Å². The summed E-state index contributed by atoms with van der Waals surface area (Å²) >= 11 is 0. The number of nitrogens with zero attached hydrogens (tertiary/aromatic N) is 2. The molecule has 8 nitrogen and oxygen atoms in total. The third-order valence-electron chi connectivity index (χ3n) is 0. The summed E-state index contributed by atoms with van der Waals surface area (Å²) in [7, 11) is 0. The Balaban J connectivity index is -0.00000000600. The molecule has 0 aliphatic carbocycles. The van der Waals surface area contributed by atoms with Gasteiger partial charge in [-0.05, 0) is 0 Å². The van der Waals surface area contributed by atoms with Crippen LogP contribution in [0.5, 0.6) is 0 Å². The molecular formula is C6H26N2O6. The third-order valence-corrected chi connectivity index (χ3v) is 0. The van der Waals surface area contributed by atoms with Crippen molar-refractivity contribution in [1.29, 1.82) is 0 Å². The molecule has 0 aromatic rings. The van der Waals surface area contributed by atoms with Gasteiger partial charge in [0, 0.05) is 0 Å². The van der Waals surface area contributed by atoms with Crippen molar-refractivity contribution in [2.24, 2.45) is 0 Å². The van der Waals surface area contributed by atoms with E-state index < -0.39 is 10.2 Å². The average Bonchev–Trinajstić information content (AvgIpc) is 1.25.